The molecule has 260 valence electrons. The molecule has 0 saturated heterocycles. The number of pyridine rings is 2. The van der Waals surface area contributed by atoms with E-state index in [-0.39, 0.29) is 0 Å². The van der Waals surface area contributed by atoms with Crippen molar-refractivity contribution in [1.29, 1.82) is 0 Å². The van der Waals surface area contributed by atoms with Crippen molar-refractivity contribution in [2.75, 3.05) is 0 Å². The van der Waals surface area contributed by atoms with Gasteiger partial charge in [-0.3, -0.25) is 0 Å². The van der Waals surface area contributed by atoms with Crippen LogP contribution in [0.3, 0.4) is 0 Å². The number of hydrogen-bond donors (Lipinski definition) is 0. The molecule has 0 bridgehead atoms. The third-order valence-corrected chi connectivity index (χ3v) is 11.3. The molecule has 0 aliphatic carbocycles. The minimum absolute atomic E-state index is 0.959. The van der Waals surface area contributed by atoms with Crippen LogP contribution in [-0.4, -0.2) is 9.97 Å². The van der Waals surface area contributed by atoms with Crippen LogP contribution in [0.25, 0.3) is 110 Å². The molecule has 2 nitrogen and oxygen atoms in total. The molecule has 0 spiro atoms. The Labute approximate surface area is 325 Å². The molecule has 0 atom stereocenters. The Morgan fingerprint density at radius 1 is 0.250 bits per heavy atom. The summed E-state index contributed by atoms with van der Waals surface area (Å²) in [7, 11) is 0. The maximum Gasteiger partial charge on any atom is 0.0794 e. The molecular weight excluding hydrogens is 677 g/mol. The summed E-state index contributed by atoms with van der Waals surface area (Å²) in [6, 6.07) is 74.0. The molecule has 0 fully saturated rings. The minimum Gasteiger partial charge on any atom is -0.248 e. The third kappa shape index (κ3) is 5.34. The summed E-state index contributed by atoms with van der Waals surface area (Å²) in [4.78, 5) is 10.7. The molecule has 0 amide bonds. The Hall–Kier alpha value is -7.42. The highest BCUT2D eigenvalue weighted by Gasteiger charge is 2.18. The van der Waals surface area contributed by atoms with E-state index in [0.29, 0.717) is 0 Å². The predicted molar refractivity (Wildman–Crippen MR) is 237 cm³/mol. The van der Waals surface area contributed by atoms with E-state index in [2.05, 4.69) is 206 Å². The standard InChI is InChI=1S/C54H34N2/c1-2-14-37(15-3-1)48-33-52(55-51-27-11-10-23-45(48)51)39-30-28-38(29-31-39)47-32-50-49(42-25-12-18-35-16-4-6-20-40(35)42)34-53(56-54(50)46-24-9-8-22-43(46)47)44-26-13-19-36-17-5-7-21-41(36)44/h1-34H. The first-order valence-electron chi connectivity index (χ1n) is 19.2. The summed E-state index contributed by atoms with van der Waals surface area (Å²) in [5, 5.41) is 9.44. The second-order valence-electron chi connectivity index (χ2n) is 14.5. The first-order valence-corrected chi connectivity index (χ1v) is 19.2. The van der Waals surface area contributed by atoms with Crippen LogP contribution in [-0.2, 0) is 0 Å². The molecule has 0 unspecified atom stereocenters. The van der Waals surface area contributed by atoms with Gasteiger partial charge >= 0.3 is 0 Å². The second-order valence-corrected chi connectivity index (χ2v) is 14.5. The average molecular weight is 711 g/mol. The molecular formula is C54H34N2. The van der Waals surface area contributed by atoms with Crippen LogP contribution in [0.15, 0.2) is 206 Å². The summed E-state index contributed by atoms with van der Waals surface area (Å²) in [6.45, 7) is 0. The van der Waals surface area contributed by atoms with Gasteiger partial charge in [0.25, 0.3) is 0 Å². The molecule has 0 aliphatic rings. The fraction of sp³-hybridized carbons (Fsp3) is 0. The Morgan fingerprint density at radius 3 is 1.52 bits per heavy atom. The second kappa shape index (κ2) is 13.2. The lowest BCUT2D eigenvalue weighted by molar-refractivity contribution is 1.40. The molecule has 0 saturated carbocycles. The van der Waals surface area contributed by atoms with E-state index in [1.165, 1.54) is 54.7 Å². The lowest BCUT2D eigenvalue weighted by Gasteiger charge is -2.17. The number of hydrogen-bond acceptors (Lipinski definition) is 2. The van der Waals surface area contributed by atoms with Crippen molar-refractivity contribution in [3.63, 3.8) is 0 Å². The zero-order valence-corrected chi connectivity index (χ0v) is 30.5. The summed E-state index contributed by atoms with van der Waals surface area (Å²) in [5.41, 5.74) is 13.2. The van der Waals surface area contributed by atoms with E-state index in [9.17, 15) is 0 Å². The maximum atomic E-state index is 5.53. The maximum absolute atomic E-state index is 5.53. The fourth-order valence-corrected chi connectivity index (χ4v) is 8.56. The molecule has 0 aliphatic heterocycles. The highest BCUT2D eigenvalue weighted by Crippen LogP contribution is 2.43. The van der Waals surface area contributed by atoms with Gasteiger partial charge in [0.05, 0.1) is 22.4 Å². The van der Waals surface area contributed by atoms with Gasteiger partial charge < -0.3 is 0 Å². The largest absolute Gasteiger partial charge is 0.248 e. The fourth-order valence-electron chi connectivity index (χ4n) is 8.56. The lowest BCUT2D eigenvalue weighted by atomic mass is 9.89. The van der Waals surface area contributed by atoms with Gasteiger partial charge in [-0.1, -0.05) is 182 Å². The average Bonchev–Trinajstić information content (AvgIpc) is 3.28. The minimum atomic E-state index is 0.959. The highest BCUT2D eigenvalue weighted by atomic mass is 14.7. The molecule has 2 heterocycles. The van der Waals surface area contributed by atoms with E-state index >= 15 is 0 Å². The van der Waals surface area contributed by atoms with Crippen molar-refractivity contribution < 1.29 is 0 Å². The van der Waals surface area contributed by atoms with E-state index < -0.39 is 0 Å². The van der Waals surface area contributed by atoms with E-state index in [1.54, 1.807) is 0 Å². The van der Waals surface area contributed by atoms with Crippen LogP contribution in [0.1, 0.15) is 0 Å². The number of aromatic nitrogens is 2. The first-order chi connectivity index (χ1) is 27.8. The summed E-state index contributed by atoms with van der Waals surface area (Å²) < 4.78 is 0. The number of rotatable bonds is 5. The van der Waals surface area contributed by atoms with Crippen molar-refractivity contribution >= 4 is 54.1 Å². The zero-order valence-electron chi connectivity index (χ0n) is 30.5. The van der Waals surface area contributed by atoms with Gasteiger partial charge in [-0.25, -0.2) is 9.97 Å². The Bertz CT molecular complexity index is 3280. The Balaban J connectivity index is 1.13. The summed E-state index contributed by atoms with van der Waals surface area (Å²) >= 11 is 0. The van der Waals surface area contributed by atoms with Crippen molar-refractivity contribution in [2.24, 2.45) is 0 Å². The molecule has 0 radical (unpaired) electrons. The van der Waals surface area contributed by atoms with Gasteiger partial charge in [-0.2, -0.15) is 0 Å². The topological polar surface area (TPSA) is 25.8 Å². The predicted octanol–water partition coefficient (Wildman–Crippen LogP) is 14.6. The van der Waals surface area contributed by atoms with Crippen molar-refractivity contribution in [3.8, 4) is 55.9 Å². The first kappa shape index (κ1) is 32.0. The van der Waals surface area contributed by atoms with Crippen LogP contribution in [0.5, 0.6) is 0 Å². The van der Waals surface area contributed by atoms with Crippen molar-refractivity contribution in [1.82, 2.24) is 9.97 Å². The summed E-state index contributed by atoms with van der Waals surface area (Å²) in [6.07, 6.45) is 0. The number of nitrogens with zero attached hydrogens (tertiary/aromatic N) is 2. The quantitative estimate of drug-likeness (QED) is 0.166. The molecule has 11 aromatic rings. The van der Waals surface area contributed by atoms with Gasteiger partial charge in [0.15, 0.2) is 0 Å². The van der Waals surface area contributed by atoms with Gasteiger partial charge in [0.2, 0.25) is 0 Å². The van der Waals surface area contributed by atoms with Gasteiger partial charge in [0.1, 0.15) is 0 Å². The van der Waals surface area contributed by atoms with Gasteiger partial charge in [-0.05, 0) is 84.6 Å². The SMILES string of the molecule is c1ccc(-c2cc(-c3ccc(-c4cc5c(-c6cccc7ccccc67)cc(-c6cccc7ccccc67)nc5c5ccccc45)cc3)nc3ccccc23)cc1. The Morgan fingerprint density at radius 2 is 0.768 bits per heavy atom. The van der Waals surface area contributed by atoms with Crippen LogP contribution in [0, 0.1) is 0 Å². The van der Waals surface area contributed by atoms with Crippen molar-refractivity contribution in [3.05, 3.63) is 206 Å². The lowest BCUT2D eigenvalue weighted by Crippen LogP contribution is -1.94. The third-order valence-electron chi connectivity index (χ3n) is 11.3. The molecule has 56 heavy (non-hydrogen) atoms. The van der Waals surface area contributed by atoms with Gasteiger partial charge in [0, 0.05) is 27.3 Å². The van der Waals surface area contributed by atoms with Crippen LogP contribution < -0.4 is 0 Å². The van der Waals surface area contributed by atoms with Gasteiger partial charge in [-0.15, -0.1) is 0 Å². The molecule has 9 aromatic carbocycles. The number of fused-ring (bicyclic) bond motifs is 6. The van der Waals surface area contributed by atoms with Crippen LogP contribution in [0.4, 0.5) is 0 Å². The smallest absolute Gasteiger partial charge is 0.0794 e. The monoisotopic (exact) mass is 710 g/mol. The van der Waals surface area contributed by atoms with Crippen LogP contribution >= 0.6 is 0 Å². The summed E-state index contributed by atoms with van der Waals surface area (Å²) in [5.74, 6) is 0. The number of para-hydroxylation sites is 1. The Kier molecular flexibility index (Phi) is 7.53. The number of benzene rings is 9. The molecule has 0 N–H and O–H groups in total. The van der Waals surface area contributed by atoms with E-state index in [4.69, 9.17) is 9.97 Å². The van der Waals surface area contributed by atoms with E-state index in [1.807, 2.05) is 0 Å². The van der Waals surface area contributed by atoms with E-state index in [0.717, 1.165) is 55.3 Å². The zero-order chi connectivity index (χ0) is 37.0. The molecule has 2 aromatic heterocycles. The van der Waals surface area contributed by atoms with Crippen molar-refractivity contribution in [2.45, 2.75) is 0 Å². The molecule has 2 heteroatoms. The molecule has 11 rings (SSSR count). The normalized spacial score (nSPS) is 11.6. The highest BCUT2D eigenvalue weighted by molar-refractivity contribution is 6.18. The van der Waals surface area contributed by atoms with Crippen LogP contribution in [0.2, 0.25) is 0 Å².